The van der Waals surface area contributed by atoms with Crippen LogP contribution in [0.2, 0.25) is 0 Å². The minimum Gasteiger partial charge on any atom is -0.474 e. The van der Waals surface area contributed by atoms with Gasteiger partial charge in [-0.05, 0) is 38.8 Å². The van der Waals surface area contributed by atoms with Crippen molar-refractivity contribution in [3.05, 3.63) is 35.9 Å². The normalized spacial score (nSPS) is 23.8. The Hall–Kier alpha value is -2.47. The molecule has 0 unspecified atom stereocenters. The summed E-state index contributed by atoms with van der Waals surface area (Å²) in [6, 6.07) is 2.48. The molecule has 2 atom stereocenters. The van der Waals surface area contributed by atoms with E-state index in [1.807, 2.05) is 0 Å². The van der Waals surface area contributed by atoms with Crippen LogP contribution in [0.4, 0.5) is 13.2 Å². The molecule has 0 radical (unpaired) electrons. The number of ether oxygens (including phenoxy) is 2. The molecule has 2 aliphatic heterocycles. The first-order valence-electron chi connectivity index (χ1n) is 10.2. The molecule has 0 aliphatic carbocycles. The number of pyridine rings is 1. The van der Waals surface area contributed by atoms with Gasteiger partial charge in [0, 0.05) is 31.1 Å². The SMILES string of the molecule is Cc1ncccc1Oc1ncnc(OC2C[C@@H]3CC[C@@H](C2)N3S(=O)(=O)CC(F)(F)F)c1C. The molecule has 2 fully saturated rings. The van der Waals surface area contributed by atoms with Gasteiger partial charge in [-0.1, -0.05) is 0 Å². The molecule has 2 aromatic rings. The largest absolute Gasteiger partial charge is 0.474 e. The lowest BCUT2D eigenvalue weighted by atomic mass is 10.0. The summed E-state index contributed by atoms with van der Waals surface area (Å²) < 4.78 is 75.9. The van der Waals surface area contributed by atoms with Crippen molar-refractivity contribution >= 4 is 10.0 Å². The molecule has 2 bridgehead atoms. The number of hydrogen-bond acceptors (Lipinski definition) is 7. The Morgan fingerprint density at radius 3 is 2.38 bits per heavy atom. The molecule has 2 saturated heterocycles. The Bertz CT molecular complexity index is 1080. The minimum atomic E-state index is -4.77. The molecule has 0 aromatic carbocycles. The third-order valence-electron chi connectivity index (χ3n) is 5.73. The Kier molecular flexibility index (Phi) is 6.01. The number of alkyl halides is 3. The third kappa shape index (κ3) is 4.80. The fraction of sp³-hybridized carbons (Fsp3) is 0.550. The smallest absolute Gasteiger partial charge is 0.404 e. The van der Waals surface area contributed by atoms with Crippen LogP contribution in [0.1, 0.15) is 36.9 Å². The molecule has 4 heterocycles. The number of fused-ring (bicyclic) bond motifs is 2. The maximum atomic E-state index is 12.7. The van der Waals surface area contributed by atoms with Crippen molar-refractivity contribution in [2.45, 2.75) is 63.9 Å². The molecule has 12 heteroatoms. The molecule has 0 amide bonds. The average molecular weight is 472 g/mol. The van der Waals surface area contributed by atoms with Gasteiger partial charge in [-0.25, -0.2) is 18.4 Å². The van der Waals surface area contributed by atoms with Gasteiger partial charge in [0.15, 0.2) is 11.5 Å². The van der Waals surface area contributed by atoms with Crippen molar-refractivity contribution in [1.82, 2.24) is 19.3 Å². The molecular formula is C20H23F3N4O4S. The van der Waals surface area contributed by atoms with Gasteiger partial charge in [0.05, 0.1) is 11.3 Å². The predicted octanol–water partition coefficient (Wildman–Crippen LogP) is 3.55. The highest BCUT2D eigenvalue weighted by Crippen LogP contribution is 2.41. The van der Waals surface area contributed by atoms with Crippen molar-refractivity contribution in [1.29, 1.82) is 0 Å². The third-order valence-corrected chi connectivity index (χ3v) is 7.66. The zero-order chi connectivity index (χ0) is 23.1. The van der Waals surface area contributed by atoms with Crippen molar-refractivity contribution in [2.75, 3.05) is 5.75 Å². The van der Waals surface area contributed by atoms with E-state index in [1.54, 1.807) is 32.2 Å². The van der Waals surface area contributed by atoms with Crippen LogP contribution in [0.15, 0.2) is 24.7 Å². The highest BCUT2D eigenvalue weighted by Gasteiger charge is 2.50. The number of nitrogens with zero attached hydrogens (tertiary/aromatic N) is 4. The van der Waals surface area contributed by atoms with Crippen LogP contribution >= 0.6 is 0 Å². The second-order valence-electron chi connectivity index (χ2n) is 8.10. The zero-order valence-corrected chi connectivity index (χ0v) is 18.4. The van der Waals surface area contributed by atoms with Gasteiger partial charge < -0.3 is 9.47 Å². The van der Waals surface area contributed by atoms with Crippen LogP contribution in [0.3, 0.4) is 0 Å². The number of aryl methyl sites for hydroxylation is 1. The van der Waals surface area contributed by atoms with E-state index in [1.165, 1.54) is 6.33 Å². The van der Waals surface area contributed by atoms with Gasteiger partial charge >= 0.3 is 6.18 Å². The highest BCUT2D eigenvalue weighted by molar-refractivity contribution is 7.89. The van der Waals surface area contributed by atoms with Crippen molar-refractivity contribution in [3.63, 3.8) is 0 Å². The number of aromatic nitrogens is 3. The summed E-state index contributed by atoms with van der Waals surface area (Å²) >= 11 is 0. The van der Waals surface area contributed by atoms with Gasteiger partial charge in [0.2, 0.25) is 21.8 Å². The fourth-order valence-electron chi connectivity index (χ4n) is 4.40. The lowest BCUT2D eigenvalue weighted by molar-refractivity contribution is -0.107. The number of sulfonamides is 1. The van der Waals surface area contributed by atoms with Crippen LogP contribution in [-0.2, 0) is 10.0 Å². The fourth-order valence-corrected chi connectivity index (χ4v) is 6.25. The van der Waals surface area contributed by atoms with Crippen LogP contribution < -0.4 is 9.47 Å². The molecule has 2 aromatic heterocycles. The van der Waals surface area contributed by atoms with E-state index in [0.717, 1.165) is 4.31 Å². The summed E-state index contributed by atoms with van der Waals surface area (Å²) in [6.45, 7) is 3.55. The number of halogens is 3. The number of piperidine rings is 1. The lowest BCUT2D eigenvalue weighted by Crippen LogP contribution is -2.51. The van der Waals surface area contributed by atoms with E-state index >= 15 is 0 Å². The summed E-state index contributed by atoms with van der Waals surface area (Å²) in [5, 5.41) is 0. The molecule has 8 nitrogen and oxygen atoms in total. The van der Waals surface area contributed by atoms with Gasteiger partial charge in [-0.2, -0.15) is 17.5 Å². The predicted molar refractivity (Wildman–Crippen MR) is 108 cm³/mol. The van der Waals surface area contributed by atoms with E-state index in [9.17, 15) is 21.6 Å². The van der Waals surface area contributed by atoms with Crippen LogP contribution in [0, 0.1) is 13.8 Å². The average Bonchev–Trinajstić information content (AvgIpc) is 2.97. The van der Waals surface area contributed by atoms with E-state index in [-0.39, 0.29) is 6.10 Å². The van der Waals surface area contributed by atoms with Crippen LogP contribution in [0.5, 0.6) is 17.5 Å². The number of rotatable bonds is 6. The summed E-state index contributed by atoms with van der Waals surface area (Å²) in [6.07, 6.45) is -0.555. The molecular weight excluding hydrogens is 449 g/mol. The van der Waals surface area contributed by atoms with E-state index in [4.69, 9.17) is 9.47 Å². The minimum absolute atomic E-state index is 0.299. The first-order chi connectivity index (χ1) is 15.0. The standard InChI is InChI=1S/C20H23F3N4O4S/c1-12-18(25-11-26-19(12)31-17-4-3-7-24-13(17)2)30-16-8-14-5-6-15(9-16)27(14)32(28,29)10-20(21,22)23/h3-4,7,11,14-16H,5-6,8-10H2,1-2H3/t14-,15-/m0/s1. The quantitative estimate of drug-likeness (QED) is 0.635. The Morgan fingerprint density at radius 2 is 1.75 bits per heavy atom. The maximum Gasteiger partial charge on any atom is 0.404 e. The lowest BCUT2D eigenvalue weighted by Gasteiger charge is -2.37. The monoisotopic (exact) mass is 472 g/mol. The highest BCUT2D eigenvalue weighted by atomic mass is 32.2. The zero-order valence-electron chi connectivity index (χ0n) is 17.5. The van der Waals surface area contributed by atoms with Crippen LogP contribution in [0.25, 0.3) is 0 Å². The van der Waals surface area contributed by atoms with E-state index in [0.29, 0.717) is 54.5 Å². The van der Waals surface area contributed by atoms with Crippen molar-refractivity contribution < 1.29 is 31.1 Å². The molecule has 4 rings (SSSR count). The molecule has 2 aliphatic rings. The molecule has 174 valence electrons. The van der Waals surface area contributed by atoms with Gasteiger partial charge in [-0.3, -0.25) is 4.98 Å². The second kappa shape index (κ2) is 8.47. The van der Waals surface area contributed by atoms with Crippen molar-refractivity contribution in [2.24, 2.45) is 0 Å². The summed E-state index contributed by atoms with van der Waals surface area (Å²) in [4.78, 5) is 12.5. The topological polar surface area (TPSA) is 94.5 Å². The maximum absolute atomic E-state index is 12.7. The summed E-state index contributed by atoms with van der Waals surface area (Å²) in [7, 11) is -4.43. The van der Waals surface area contributed by atoms with E-state index in [2.05, 4.69) is 15.0 Å². The molecule has 0 saturated carbocycles. The van der Waals surface area contributed by atoms with Crippen molar-refractivity contribution in [3.8, 4) is 17.5 Å². The molecule has 0 N–H and O–H groups in total. The first kappa shape index (κ1) is 22.7. The summed E-state index contributed by atoms with van der Waals surface area (Å²) in [5.41, 5.74) is 1.26. The molecule has 32 heavy (non-hydrogen) atoms. The van der Waals surface area contributed by atoms with Crippen LogP contribution in [-0.4, -0.2) is 57.8 Å². The van der Waals surface area contributed by atoms with E-state index < -0.39 is 34.0 Å². The first-order valence-corrected chi connectivity index (χ1v) is 11.8. The number of hydrogen-bond donors (Lipinski definition) is 0. The Labute approximate surface area is 183 Å². The van der Waals surface area contributed by atoms with Gasteiger partial charge in [0.25, 0.3) is 0 Å². The van der Waals surface area contributed by atoms with Gasteiger partial charge in [-0.15, -0.1) is 0 Å². The Morgan fingerprint density at radius 1 is 1.09 bits per heavy atom. The molecule has 0 spiro atoms. The summed E-state index contributed by atoms with van der Waals surface area (Å²) in [5.74, 6) is -0.689. The van der Waals surface area contributed by atoms with Gasteiger partial charge in [0.1, 0.15) is 12.4 Å². The Balaban J connectivity index is 1.47. The second-order valence-corrected chi connectivity index (χ2v) is 9.97.